The summed E-state index contributed by atoms with van der Waals surface area (Å²) < 4.78 is 1.52. The zero-order valence-corrected chi connectivity index (χ0v) is 9.77. The van der Waals surface area contributed by atoms with E-state index in [1.807, 2.05) is 32.0 Å². The summed E-state index contributed by atoms with van der Waals surface area (Å²) in [5.74, 6) is -0.303. The number of hydrogen-bond acceptors (Lipinski definition) is 3. The molecule has 4 N–H and O–H groups in total. The second-order valence-corrected chi connectivity index (χ2v) is 4.01. The molecule has 0 aliphatic rings. The first-order valence-corrected chi connectivity index (χ1v) is 5.21. The average molecular weight is 230 g/mol. The smallest absolute Gasteiger partial charge is 0.254 e. The lowest BCUT2D eigenvalue weighted by Crippen LogP contribution is -2.13. The fourth-order valence-corrected chi connectivity index (χ4v) is 1.78. The van der Waals surface area contributed by atoms with Crippen LogP contribution in [0.1, 0.15) is 21.5 Å². The normalized spacial score (nSPS) is 10.5. The molecule has 1 aromatic heterocycles. The Labute approximate surface area is 99.0 Å². The molecule has 0 radical (unpaired) electrons. The third-order valence-corrected chi connectivity index (χ3v) is 2.65. The molecule has 0 saturated carbocycles. The number of hydrogen-bond donors (Lipinski definition) is 2. The minimum atomic E-state index is -0.571. The summed E-state index contributed by atoms with van der Waals surface area (Å²) in [5, 5.41) is 4.09. The molecule has 88 valence electrons. The third kappa shape index (κ3) is 1.87. The van der Waals surface area contributed by atoms with E-state index in [0.717, 1.165) is 16.8 Å². The number of aromatic nitrogens is 2. The number of anilines is 1. The summed E-state index contributed by atoms with van der Waals surface area (Å²) in [7, 11) is 0. The molecule has 1 amide bonds. The molecular weight excluding hydrogens is 216 g/mol. The van der Waals surface area contributed by atoms with Crippen LogP contribution in [0.3, 0.4) is 0 Å². The van der Waals surface area contributed by atoms with E-state index in [9.17, 15) is 4.79 Å². The zero-order chi connectivity index (χ0) is 12.6. The van der Waals surface area contributed by atoms with Crippen LogP contribution in [0.5, 0.6) is 0 Å². The van der Waals surface area contributed by atoms with Gasteiger partial charge in [-0.15, -0.1) is 0 Å². The van der Waals surface area contributed by atoms with Gasteiger partial charge in [0, 0.05) is 0 Å². The fourth-order valence-electron chi connectivity index (χ4n) is 1.78. The lowest BCUT2D eigenvalue weighted by atomic mass is 10.1. The molecule has 1 heterocycles. The number of carbonyl (C=O) groups is 1. The van der Waals surface area contributed by atoms with Crippen LogP contribution in [0.25, 0.3) is 5.69 Å². The van der Waals surface area contributed by atoms with Crippen molar-refractivity contribution in [3.8, 4) is 5.69 Å². The number of carbonyl (C=O) groups excluding carboxylic acids is 1. The summed E-state index contributed by atoms with van der Waals surface area (Å²) in [6.07, 6.45) is 1.39. The number of amides is 1. The Morgan fingerprint density at radius 3 is 2.59 bits per heavy atom. The van der Waals surface area contributed by atoms with Gasteiger partial charge in [0.15, 0.2) is 0 Å². The summed E-state index contributed by atoms with van der Waals surface area (Å²) in [6, 6.07) is 5.91. The van der Waals surface area contributed by atoms with E-state index in [2.05, 4.69) is 5.10 Å². The summed E-state index contributed by atoms with van der Waals surface area (Å²) in [5.41, 5.74) is 14.3. The second-order valence-electron chi connectivity index (χ2n) is 4.01. The van der Waals surface area contributed by atoms with Gasteiger partial charge >= 0.3 is 0 Å². The summed E-state index contributed by atoms with van der Waals surface area (Å²) in [6.45, 7) is 3.98. The van der Waals surface area contributed by atoms with Crippen LogP contribution in [0.4, 0.5) is 5.82 Å². The highest BCUT2D eigenvalue weighted by Gasteiger charge is 2.14. The Morgan fingerprint density at radius 1 is 1.35 bits per heavy atom. The van der Waals surface area contributed by atoms with E-state index in [0.29, 0.717) is 0 Å². The maximum atomic E-state index is 11.1. The Hall–Kier alpha value is -2.30. The number of primary amides is 1. The maximum absolute atomic E-state index is 11.1. The molecule has 1 aromatic carbocycles. The van der Waals surface area contributed by atoms with Crippen molar-refractivity contribution in [2.24, 2.45) is 5.73 Å². The van der Waals surface area contributed by atoms with Gasteiger partial charge in [-0.05, 0) is 25.5 Å². The molecule has 5 nitrogen and oxygen atoms in total. The first-order valence-electron chi connectivity index (χ1n) is 5.21. The molecule has 0 unspecified atom stereocenters. The van der Waals surface area contributed by atoms with Crippen molar-refractivity contribution in [2.45, 2.75) is 13.8 Å². The molecule has 0 aliphatic heterocycles. The second kappa shape index (κ2) is 3.93. The van der Waals surface area contributed by atoms with Crippen molar-refractivity contribution in [3.63, 3.8) is 0 Å². The number of nitrogens with two attached hydrogens (primary N) is 2. The monoisotopic (exact) mass is 230 g/mol. The van der Waals surface area contributed by atoms with Crippen LogP contribution in [0.15, 0.2) is 24.4 Å². The van der Waals surface area contributed by atoms with E-state index in [-0.39, 0.29) is 11.4 Å². The molecule has 0 saturated heterocycles. The van der Waals surface area contributed by atoms with E-state index in [1.165, 1.54) is 10.9 Å². The number of nitrogens with zero attached hydrogens (tertiary/aromatic N) is 2. The van der Waals surface area contributed by atoms with Crippen LogP contribution in [0.2, 0.25) is 0 Å². The molecular formula is C12H14N4O. The minimum Gasteiger partial charge on any atom is -0.383 e. The Balaban J connectivity index is 2.57. The van der Waals surface area contributed by atoms with Crippen molar-refractivity contribution in [1.29, 1.82) is 0 Å². The molecule has 17 heavy (non-hydrogen) atoms. The molecule has 0 bridgehead atoms. The van der Waals surface area contributed by atoms with E-state index >= 15 is 0 Å². The van der Waals surface area contributed by atoms with E-state index in [1.54, 1.807) is 0 Å². The van der Waals surface area contributed by atoms with Crippen LogP contribution >= 0.6 is 0 Å². The van der Waals surface area contributed by atoms with Crippen LogP contribution in [-0.2, 0) is 0 Å². The largest absolute Gasteiger partial charge is 0.383 e. The van der Waals surface area contributed by atoms with Crippen molar-refractivity contribution in [1.82, 2.24) is 9.78 Å². The minimum absolute atomic E-state index is 0.241. The third-order valence-electron chi connectivity index (χ3n) is 2.65. The van der Waals surface area contributed by atoms with Crippen molar-refractivity contribution in [2.75, 3.05) is 5.73 Å². The number of benzene rings is 1. The van der Waals surface area contributed by atoms with Gasteiger partial charge in [0.25, 0.3) is 5.91 Å². The standard InChI is InChI=1S/C12H14N4O/c1-7-3-4-10(8(2)5-7)16-11(13)9(6-15-16)12(14)17/h3-6H,13H2,1-2H3,(H2,14,17). The number of aryl methyl sites for hydroxylation is 2. The maximum Gasteiger partial charge on any atom is 0.254 e. The van der Waals surface area contributed by atoms with Gasteiger partial charge in [0.2, 0.25) is 0 Å². The summed E-state index contributed by atoms with van der Waals surface area (Å²) in [4.78, 5) is 11.1. The molecule has 2 aromatic rings. The van der Waals surface area contributed by atoms with Crippen molar-refractivity contribution < 1.29 is 4.79 Å². The molecule has 5 heteroatoms. The van der Waals surface area contributed by atoms with Crippen LogP contribution in [-0.4, -0.2) is 15.7 Å². The topological polar surface area (TPSA) is 86.9 Å². The highest BCUT2D eigenvalue weighted by Crippen LogP contribution is 2.20. The summed E-state index contributed by atoms with van der Waals surface area (Å²) >= 11 is 0. The zero-order valence-electron chi connectivity index (χ0n) is 9.77. The average Bonchev–Trinajstić information content (AvgIpc) is 2.60. The van der Waals surface area contributed by atoms with Crippen LogP contribution in [0, 0.1) is 13.8 Å². The Morgan fingerprint density at radius 2 is 2.06 bits per heavy atom. The number of rotatable bonds is 2. The van der Waals surface area contributed by atoms with Crippen molar-refractivity contribution >= 4 is 11.7 Å². The predicted molar refractivity (Wildman–Crippen MR) is 66.0 cm³/mol. The van der Waals surface area contributed by atoms with Gasteiger partial charge < -0.3 is 11.5 Å². The molecule has 0 aliphatic carbocycles. The van der Waals surface area contributed by atoms with Gasteiger partial charge in [0.1, 0.15) is 11.4 Å². The quantitative estimate of drug-likeness (QED) is 0.811. The van der Waals surface area contributed by atoms with E-state index in [4.69, 9.17) is 11.5 Å². The number of nitrogen functional groups attached to an aromatic ring is 1. The van der Waals surface area contributed by atoms with E-state index < -0.39 is 5.91 Å². The molecule has 0 spiro atoms. The first kappa shape index (κ1) is 11.2. The molecule has 0 fully saturated rings. The molecule has 2 rings (SSSR count). The Kier molecular flexibility index (Phi) is 2.59. The molecule has 0 atom stereocenters. The fraction of sp³-hybridized carbons (Fsp3) is 0.167. The van der Waals surface area contributed by atoms with Gasteiger partial charge in [-0.25, -0.2) is 4.68 Å². The van der Waals surface area contributed by atoms with Gasteiger partial charge in [-0.2, -0.15) is 5.10 Å². The lowest BCUT2D eigenvalue weighted by Gasteiger charge is -2.08. The van der Waals surface area contributed by atoms with Crippen LogP contribution < -0.4 is 11.5 Å². The highest BCUT2D eigenvalue weighted by molar-refractivity contribution is 5.97. The SMILES string of the molecule is Cc1ccc(-n2ncc(C(N)=O)c2N)c(C)c1. The predicted octanol–water partition coefficient (Wildman–Crippen LogP) is 1.17. The first-order chi connectivity index (χ1) is 8.00. The van der Waals surface area contributed by atoms with Gasteiger partial charge in [0.05, 0.1) is 11.9 Å². The lowest BCUT2D eigenvalue weighted by molar-refractivity contribution is 0.100. The Bertz CT molecular complexity index is 586. The van der Waals surface area contributed by atoms with Crippen molar-refractivity contribution in [3.05, 3.63) is 41.1 Å². The highest BCUT2D eigenvalue weighted by atomic mass is 16.1. The van der Waals surface area contributed by atoms with Gasteiger partial charge in [-0.3, -0.25) is 4.79 Å². The van der Waals surface area contributed by atoms with Gasteiger partial charge in [-0.1, -0.05) is 17.7 Å².